The van der Waals surface area contributed by atoms with Crippen LogP contribution in [0.1, 0.15) is 17.5 Å². The molecule has 4 rings (SSSR count). The zero-order chi connectivity index (χ0) is 22.5. The smallest absolute Gasteiger partial charge is 0.343 e. The average Bonchev–Trinajstić information content (AvgIpc) is 2.80. The summed E-state index contributed by atoms with van der Waals surface area (Å²) in [7, 11) is 3.90. The third kappa shape index (κ3) is 4.48. The first kappa shape index (κ1) is 21.2. The van der Waals surface area contributed by atoms with Crippen molar-refractivity contribution in [3.05, 3.63) is 92.8 Å². The molecule has 32 heavy (non-hydrogen) atoms. The van der Waals surface area contributed by atoms with Gasteiger partial charge in [0.15, 0.2) is 6.20 Å². The van der Waals surface area contributed by atoms with Gasteiger partial charge in [-0.05, 0) is 41.4 Å². The number of fused-ring (bicyclic) bond motifs is 2. The standard InChI is InChI=1S/C25H24N5O2/c1-29(2)21-11-10-19-16-20(25(31)32-24(19)17-21)9-8-18-12-15-30(14-5-13-27-28-26)23-7-4-3-6-22(18)23/h3-4,6-12,15-17H,5,13-14H2,1-2H3/q+1. The predicted molar refractivity (Wildman–Crippen MR) is 129 cm³/mol. The van der Waals surface area contributed by atoms with E-state index in [2.05, 4.69) is 26.7 Å². The molecule has 0 fully saturated rings. The van der Waals surface area contributed by atoms with Gasteiger partial charge < -0.3 is 9.32 Å². The largest absolute Gasteiger partial charge is 0.422 e. The number of anilines is 1. The summed E-state index contributed by atoms with van der Waals surface area (Å²) in [6, 6.07) is 17.8. The van der Waals surface area contributed by atoms with Crippen molar-refractivity contribution >= 4 is 39.7 Å². The minimum absolute atomic E-state index is 0.363. The Morgan fingerprint density at radius 2 is 1.91 bits per heavy atom. The van der Waals surface area contributed by atoms with E-state index in [4.69, 9.17) is 9.95 Å². The summed E-state index contributed by atoms with van der Waals surface area (Å²) in [6.07, 6.45) is 6.53. The van der Waals surface area contributed by atoms with Crippen molar-refractivity contribution < 1.29 is 8.98 Å². The Labute approximate surface area is 185 Å². The quantitative estimate of drug-likeness (QED) is 0.102. The van der Waals surface area contributed by atoms with Crippen LogP contribution in [0.5, 0.6) is 0 Å². The molecule has 0 amide bonds. The van der Waals surface area contributed by atoms with E-state index in [1.165, 1.54) is 0 Å². The van der Waals surface area contributed by atoms with Crippen LogP contribution in [-0.2, 0) is 6.54 Å². The van der Waals surface area contributed by atoms with Crippen LogP contribution in [0.2, 0.25) is 0 Å². The molecular weight excluding hydrogens is 402 g/mol. The topological polar surface area (TPSA) is 86.1 Å². The van der Waals surface area contributed by atoms with E-state index in [9.17, 15) is 4.79 Å². The van der Waals surface area contributed by atoms with Gasteiger partial charge in [-0.15, -0.1) is 0 Å². The molecule has 0 aliphatic carbocycles. The summed E-state index contributed by atoms with van der Waals surface area (Å²) in [5.41, 5.74) is 12.2. The summed E-state index contributed by atoms with van der Waals surface area (Å²) < 4.78 is 7.72. The zero-order valence-corrected chi connectivity index (χ0v) is 18.1. The number of aromatic nitrogens is 1. The molecule has 0 unspecified atom stereocenters. The van der Waals surface area contributed by atoms with E-state index in [-0.39, 0.29) is 5.63 Å². The maximum Gasteiger partial charge on any atom is 0.343 e. The monoisotopic (exact) mass is 426 g/mol. The summed E-state index contributed by atoms with van der Waals surface area (Å²) in [5, 5.41) is 5.57. The lowest BCUT2D eigenvalue weighted by Crippen LogP contribution is -2.34. The van der Waals surface area contributed by atoms with Crippen molar-refractivity contribution in [2.45, 2.75) is 13.0 Å². The lowest BCUT2D eigenvalue weighted by Gasteiger charge is -2.12. The van der Waals surface area contributed by atoms with Gasteiger partial charge in [-0.3, -0.25) is 0 Å². The van der Waals surface area contributed by atoms with E-state index in [1.54, 1.807) is 6.08 Å². The molecule has 0 N–H and O–H groups in total. The summed E-state index contributed by atoms with van der Waals surface area (Å²) in [4.78, 5) is 17.3. The molecule has 7 heteroatoms. The molecule has 0 radical (unpaired) electrons. The number of rotatable bonds is 7. The molecule has 0 saturated carbocycles. The van der Waals surface area contributed by atoms with E-state index in [0.29, 0.717) is 17.7 Å². The number of pyridine rings is 1. The molecule has 7 nitrogen and oxygen atoms in total. The van der Waals surface area contributed by atoms with Crippen LogP contribution >= 0.6 is 0 Å². The number of nitrogens with zero attached hydrogens (tertiary/aromatic N) is 5. The molecule has 0 saturated heterocycles. The summed E-state index contributed by atoms with van der Waals surface area (Å²) in [6.45, 7) is 1.22. The van der Waals surface area contributed by atoms with Crippen molar-refractivity contribution in [3.8, 4) is 0 Å². The van der Waals surface area contributed by atoms with Crippen molar-refractivity contribution in [3.63, 3.8) is 0 Å². The van der Waals surface area contributed by atoms with Crippen molar-refractivity contribution in [2.24, 2.45) is 5.11 Å². The Morgan fingerprint density at radius 3 is 2.72 bits per heavy atom. The van der Waals surface area contributed by atoms with E-state index >= 15 is 0 Å². The number of para-hydroxylation sites is 1. The van der Waals surface area contributed by atoms with Gasteiger partial charge in [-0.2, -0.15) is 4.57 Å². The molecule has 2 heterocycles. The number of hydrogen-bond acceptors (Lipinski definition) is 4. The average molecular weight is 427 g/mol. The summed E-state index contributed by atoms with van der Waals surface area (Å²) >= 11 is 0. The van der Waals surface area contributed by atoms with Crippen molar-refractivity contribution in [1.82, 2.24) is 0 Å². The normalized spacial score (nSPS) is 11.2. The highest BCUT2D eigenvalue weighted by Crippen LogP contribution is 2.22. The van der Waals surface area contributed by atoms with Gasteiger partial charge >= 0.3 is 5.63 Å². The van der Waals surface area contributed by atoms with Crippen LogP contribution in [0.15, 0.2) is 75.1 Å². The van der Waals surface area contributed by atoms with Crippen molar-refractivity contribution in [1.29, 1.82) is 0 Å². The molecule has 0 bridgehead atoms. The SMILES string of the molecule is CN(C)c1ccc2cc(/C=C/c3cc[n+](CCCN=[N+]=[N-])c4ccccc34)c(=O)oc2c1. The third-order valence-electron chi connectivity index (χ3n) is 5.38. The first-order chi connectivity index (χ1) is 15.6. The second kappa shape index (κ2) is 9.37. The fourth-order valence-electron chi connectivity index (χ4n) is 3.70. The Bertz CT molecular complexity index is 1420. The second-order valence-corrected chi connectivity index (χ2v) is 7.73. The highest BCUT2D eigenvalue weighted by atomic mass is 16.4. The highest BCUT2D eigenvalue weighted by Gasteiger charge is 2.11. The highest BCUT2D eigenvalue weighted by molar-refractivity contribution is 5.89. The maximum absolute atomic E-state index is 12.6. The Hall–Kier alpha value is -4.09. The van der Waals surface area contributed by atoms with Crippen LogP contribution in [0, 0.1) is 0 Å². The molecule has 0 aliphatic heterocycles. The molecule has 0 atom stereocenters. The molecule has 0 aliphatic rings. The Morgan fingerprint density at radius 1 is 1.09 bits per heavy atom. The van der Waals surface area contributed by atoms with Gasteiger partial charge in [-0.25, -0.2) is 4.79 Å². The van der Waals surface area contributed by atoms with Crippen LogP contribution in [0.25, 0.3) is 44.5 Å². The third-order valence-corrected chi connectivity index (χ3v) is 5.38. The minimum Gasteiger partial charge on any atom is -0.422 e. The van der Waals surface area contributed by atoms with Gasteiger partial charge in [0.2, 0.25) is 5.52 Å². The van der Waals surface area contributed by atoms with Crippen LogP contribution < -0.4 is 15.1 Å². The van der Waals surface area contributed by atoms with E-state index < -0.39 is 0 Å². The maximum atomic E-state index is 12.6. The van der Waals surface area contributed by atoms with E-state index in [1.807, 2.05) is 73.7 Å². The predicted octanol–water partition coefficient (Wildman–Crippen LogP) is 5.17. The Balaban J connectivity index is 1.67. The fourth-order valence-corrected chi connectivity index (χ4v) is 3.70. The number of azide groups is 1. The number of hydrogen-bond donors (Lipinski definition) is 0. The minimum atomic E-state index is -0.363. The fraction of sp³-hybridized carbons (Fsp3) is 0.200. The van der Waals surface area contributed by atoms with Crippen LogP contribution in [0.3, 0.4) is 0 Å². The molecule has 4 aromatic rings. The Kier molecular flexibility index (Phi) is 6.19. The second-order valence-electron chi connectivity index (χ2n) is 7.73. The first-order valence-corrected chi connectivity index (χ1v) is 10.4. The molecule has 2 aromatic carbocycles. The molecule has 0 spiro atoms. The molecule has 160 valence electrons. The molecular formula is C25H24N5O2+. The summed E-state index contributed by atoms with van der Waals surface area (Å²) in [5.74, 6) is 0. The lowest BCUT2D eigenvalue weighted by atomic mass is 10.1. The van der Waals surface area contributed by atoms with Crippen molar-refractivity contribution in [2.75, 3.05) is 25.5 Å². The number of benzene rings is 2. The van der Waals surface area contributed by atoms with Gasteiger partial charge in [-0.1, -0.05) is 23.3 Å². The van der Waals surface area contributed by atoms with Gasteiger partial charge in [0, 0.05) is 61.2 Å². The van der Waals surface area contributed by atoms with Crippen LogP contribution in [0.4, 0.5) is 5.69 Å². The van der Waals surface area contributed by atoms with E-state index in [0.717, 1.165) is 40.5 Å². The van der Waals surface area contributed by atoms with Gasteiger partial charge in [0.1, 0.15) is 12.1 Å². The first-order valence-electron chi connectivity index (χ1n) is 10.4. The zero-order valence-electron chi connectivity index (χ0n) is 18.1. The van der Waals surface area contributed by atoms with Gasteiger partial charge in [0.05, 0.1) is 10.9 Å². The number of aryl methyl sites for hydroxylation is 1. The van der Waals surface area contributed by atoms with Gasteiger partial charge in [0.25, 0.3) is 0 Å². The van der Waals surface area contributed by atoms with Crippen LogP contribution in [-0.4, -0.2) is 20.6 Å². The molecule has 2 aromatic heterocycles. The lowest BCUT2D eigenvalue weighted by molar-refractivity contribution is -0.671.